The molecular formula is C13H13N5O2. The Morgan fingerprint density at radius 3 is 2.90 bits per heavy atom. The van der Waals surface area contributed by atoms with Gasteiger partial charge in [0.25, 0.3) is 0 Å². The summed E-state index contributed by atoms with van der Waals surface area (Å²) in [4.78, 5) is 15.9. The maximum Gasteiger partial charge on any atom is 0.345 e. The fourth-order valence-electron chi connectivity index (χ4n) is 1.88. The van der Waals surface area contributed by atoms with Crippen LogP contribution < -0.4 is 5.69 Å². The zero-order chi connectivity index (χ0) is 14.1. The largest absolute Gasteiger partial charge is 0.345 e. The van der Waals surface area contributed by atoms with Gasteiger partial charge < -0.3 is 4.52 Å². The molecule has 0 aliphatic rings. The molecule has 3 aromatic rings. The maximum absolute atomic E-state index is 11.7. The van der Waals surface area contributed by atoms with E-state index in [1.165, 1.54) is 15.6 Å². The van der Waals surface area contributed by atoms with Crippen molar-refractivity contribution in [2.24, 2.45) is 7.05 Å². The Bertz CT molecular complexity index is 799. The van der Waals surface area contributed by atoms with Crippen molar-refractivity contribution in [2.75, 3.05) is 0 Å². The average Bonchev–Trinajstić information content (AvgIpc) is 3.01. The molecule has 0 spiro atoms. The van der Waals surface area contributed by atoms with E-state index in [2.05, 4.69) is 15.2 Å². The van der Waals surface area contributed by atoms with E-state index in [0.717, 1.165) is 11.1 Å². The summed E-state index contributed by atoms with van der Waals surface area (Å²) < 4.78 is 7.82. The molecule has 0 fully saturated rings. The van der Waals surface area contributed by atoms with E-state index >= 15 is 0 Å². The average molecular weight is 271 g/mol. The van der Waals surface area contributed by atoms with E-state index in [0.29, 0.717) is 11.7 Å². The van der Waals surface area contributed by atoms with Crippen molar-refractivity contribution in [2.45, 2.75) is 13.5 Å². The van der Waals surface area contributed by atoms with Crippen molar-refractivity contribution in [3.05, 3.63) is 52.5 Å². The number of benzene rings is 1. The van der Waals surface area contributed by atoms with Crippen LogP contribution in [-0.2, 0) is 13.6 Å². The molecule has 0 atom stereocenters. The minimum absolute atomic E-state index is 0.165. The van der Waals surface area contributed by atoms with E-state index in [4.69, 9.17) is 4.52 Å². The molecule has 0 amide bonds. The summed E-state index contributed by atoms with van der Waals surface area (Å²) in [6, 6.07) is 7.82. The van der Waals surface area contributed by atoms with Gasteiger partial charge in [-0.05, 0) is 13.0 Å². The highest BCUT2D eigenvalue weighted by Gasteiger charge is 2.11. The van der Waals surface area contributed by atoms with Crippen LogP contribution in [-0.4, -0.2) is 24.5 Å². The zero-order valence-electron chi connectivity index (χ0n) is 11.1. The molecular weight excluding hydrogens is 258 g/mol. The first-order valence-corrected chi connectivity index (χ1v) is 6.11. The minimum Gasteiger partial charge on any atom is -0.337 e. The van der Waals surface area contributed by atoms with Gasteiger partial charge in [0, 0.05) is 12.6 Å². The van der Waals surface area contributed by atoms with Gasteiger partial charge in [-0.2, -0.15) is 10.1 Å². The highest BCUT2D eigenvalue weighted by molar-refractivity contribution is 5.55. The lowest BCUT2D eigenvalue weighted by atomic mass is 10.1. The first-order chi connectivity index (χ1) is 9.63. The number of rotatable bonds is 3. The minimum atomic E-state index is -0.222. The smallest absolute Gasteiger partial charge is 0.337 e. The summed E-state index contributed by atoms with van der Waals surface area (Å²) in [6.45, 7) is 2.16. The third kappa shape index (κ3) is 2.25. The van der Waals surface area contributed by atoms with E-state index in [1.807, 2.05) is 31.2 Å². The lowest BCUT2D eigenvalue weighted by Crippen LogP contribution is -2.23. The molecule has 0 aliphatic carbocycles. The molecule has 0 unspecified atom stereocenters. The molecule has 7 heteroatoms. The first kappa shape index (κ1) is 12.3. The number of hydrogen-bond donors (Lipinski definition) is 0. The third-order valence-corrected chi connectivity index (χ3v) is 2.92. The van der Waals surface area contributed by atoms with Crippen LogP contribution in [0.1, 0.15) is 11.5 Å². The summed E-state index contributed by atoms with van der Waals surface area (Å²) in [6.07, 6.45) is 1.44. The van der Waals surface area contributed by atoms with Crippen LogP contribution in [0.3, 0.4) is 0 Å². The van der Waals surface area contributed by atoms with Crippen molar-refractivity contribution in [1.29, 1.82) is 0 Å². The van der Waals surface area contributed by atoms with E-state index in [1.54, 1.807) is 7.05 Å². The summed E-state index contributed by atoms with van der Waals surface area (Å²) in [5, 5.41) is 7.87. The number of hydrogen-bond acceptors (Lipinski definition) is 5. The van der Waals surface area contributed by atoms with Crippen LogP contribution >= 0.6 is 0 Å². The standard InChI is InChI=1S/C13H13N5O2/c1-9-4-3-5-10(6-9)12-15-11(20-16-12)7-18-13(19)17(2)8-14-18/h3-6,8H,7H2,1-2H3. The fourth-order valence-corrected chi connectivity index (χ4v) is 1.88. The van der Waals surface area contributed by atoms with Crippen LogP contribution in [0.4, 0.5) is 0 Å². The van der Waals surface area contributed by atoms with Gasteiger partial charge in [-0.1, -0.05) is 28.9 Å². The van der Waals surface area contributed by atoms with Crippen molar-refractivity contribution < 1.29 is 4.52 Å². The van der Waals surface area contributed by atoms with E-state index in [9.17, 15) is 4.79 Å². The number of nitrogens with zero attached hydrogens (tertiary/aromatic N) is 5. The molecule has 2 heterocycles. The van der Waals surface area contributed by atoms with Crippen LogP contribution in [0, 0.1) is 6.92 Å². The highest BCUT2D eigenvalue weighted by Crippen LogP contribution is 2.16. The third-order valence-electron chi connectivity index (χ3n) is 2.92. The van der Waals surface area contributed by atoms with Crippen LogP contribution in [0.25, 0.3) is 11.4 Å². The lowest BCUT2D eigenvalue weighted by Gasteiger charge is -1.95. The molecule has 20 heavy (non-hydrogen) atoms. The maximum atomic E-state index is 11.7. The van der Waals surface area contributed by atoms with Crippen molar-refractivity contribution >= 4 is 0 Å². The first-order valence-electron chi connectivity index (χ1n) is 6.11. The molecule has 0 saturated carbocycles. The monoisotopic (exact) mass is 271 g/mol. The van der Waals surface area contributed by atoms with Gasteiger partial charge in [-0.25, -0.2) is 9.48 Å². The SMILES string of the molecule is Cc1cccc(-c2noc(Cn3ncn(C)c3=O)n2)c1. The van der Waals surface area contributed by atoms with Gasteiger partial charge in [-0.3, -0.25) is 4.57 Å². The molecule has 0 aliphatic heterocycles. The Morgan fingerprint density at radius 2 is 2.20 bits per heavy atom. The van der Waals surface area contributed by atoms with Gasteiger partial charge in [0.15, 0.2) is 0 Å². The van der Waals surface area contributed by atoms with Crippen LogP contribution in [0.15, 0.2) is 39.9 Å². The van der Waals surface area contributed by atoms with Crippen molar-refractivity contribution in [1.82, 2.24) is 24.5 Å². The second-order valence-corrected chi connectivity index (χ2v) is 4.56. The Labute approximate surface area is 114 Å². The summed E-state index contributed by atoms with van der Waals surface area (Å²) >= 11 is 0. The molecule has 0 saturated heterocycles. The molecule has 102 valence electrons. The molecule has 7 nitrogen and oxygen atoms in total. The van der Waals surface area contributed by atoms with Crippen LogP contribution in [0.2, 0.25) is 0 Å². The summed E-state index contributed by atoms with van der Waals surface area (Å²) in [7, 11) is 1.64. The van der Waals surface area contributed by atoms with Crippen LogP contribution in [0.5, 0.6) is 0 Å². The quantitative estimate of drug-likeness (QED) is 0.709. The van der Waals surface area contributed by atoms with Gasteiger partial charge in [0.2, 0.25) is 11.7 Å². The number of aryl methyl sites for hydroxylation is 2. The Hall–Kier alpha value is -2.70. The normalized spacial score (nSPS) is 10.9. The Morgan fingerprint density at radius 1 is 1.35 bits per heavy atom. The lowest BCUT2D eigenvalue weighted by molar-refractivity contribution is 0.364. The topological polar surface area (TPSA) is 78.7 Å². The second-order valence-electron chi connectivity index (χ2n) is 4.56. The zero-order valence-corrected chi connectivity index (χ0v) is 11.1. The van der Waals surface area contributed by atoms with Crippen molar-refractivity contribution in [3.63, 3.8) is 0 Å². The molecule has 3 rings (SSSR count). The van der Waals surface area contributed by atoms with Gasteiger partial charge in [0.05, 0.1) is 0 Å². The predicted octanol–water partition coefficient (Wildman–Crippen LogP) is 0.989. The van der Waals surface area contributed by atoms with Gasteiger partial charge in [-0.15, -0.1) is 0 Å². The van der Waals surface area contributed by atoms with E-state index < -0.39 is 0 Å². The van der Waals surface area contributed by atoms with Crippen molar-refractivity contribution in [3.8, 4) is 11.4 Å². The highest BCUT2D eigenvalue weighted by atomic mass is 16.5. The molecule has 2 aromatic heterocycles. The Kier molecular flexibility index (Phi) is 2.94. The Balaban J connectivity index is 1.87. The van der Waals surface area contributed by atoms with Gasteiger partial charge >= 0.3 is 5.69 Å². The van der Waals surface area contributed by atoms with Gasteiger partial charge in [0.1, 0.15) is 12.9 Å². The molecule has 0 radical (unpaired) electrons. The molecule has 0 bridgehead atoms. The molecule has 0 N–H and O–H groups in total. The van der Waals surface area contributed by atoms with E-state index in [-0.39, 0.29) is 12.2 Å². The second kappa shape index (κ2) is 4.76. The predicted molar refractivity (Wildman–Crippen MR) is 71.0 cm³/mol. The number of aromatic nitrogens is 5. The summed E-state index contributed by atoms with van der Waals surface area (Å²) in [5.41, 5.74) is 1.78. The summed E-state index contributed by atoms with van der Waals surface area (Å²) in [5.74, 6) is 0.856. The molecule has 1 aromatic carbocycles. The fraction of sp³-hybridized carbons (Fsp3) is 0.231.